The number of halogens is 1. The Bertz CT molecular complexity index is 712. The first-order chi connectivity index (χ1) is 10.1. The van der Waals surface area contributed by atoms with Gasteiger partial charge in [0, 0.05) is 12.2 Å². The zero-order valence-corrected chi connectivity index (χ0v) is 12.5. The topological polar surface area (TPSA) is 40.5 Å². The zero-order valence-electron chi connectivity index (χ0n) is 11.8. The average Bonchev–Trinajstić information content (AvgIpc) is 2.48. The van der Waals surface area contributed by atoms with Gasteiger partial charge in [-0.15, -0.1) is 0 Å². The normalized spacial score (nSPS) is 13.9. The number of anilines is 1. The van der Waals surface area contributed by atoms with Gasteiger partial charge in [0.05, 0.1) is 10.6 Å². The number of benzene rings is 2. The summed E-state index contributed by atoms with van der Waals surface area (Å²) in [6.07, 6.45) is 1.91. The van der Waals surface area contributed by atoms with Gasteiger partial charge in [-0.05, 0) is 49.6 Å². The molecule has 1 heterocycles. The van der Waals surface area contributed by atoms with Crippen LogP contribution in [0.15, 0.2) is 36.4 Å². The number of carbonyl (C=O) groups is 1. The minimum Gasteiger partial charge on any atom is -0.508 e. The van der Waals surface area contributed by atoms with Crippen LogP contribution < -0.4 is 4.90 Å². The summed E-state index contributed by atoms with van der Waals surface area (Å²) in [6.45, 7) is 2.72. The summed E-state index contributed by atoms with van der Waals surface area (Å²) in [6, 6.07) is 10.6. The highest BCUT2D eigenvalue weighted by molar-refractivity contribution is 6.34. The Labute approximate surface area is 128 Å². The van der Waals surface area contributed by atoms with E-state index in [4.69, 9.17) is 11.6 Å². The van der Waals surface area contributed by atoms with Crippen LogP contribution in [0.3, 0.4) is 0 Å². The Balaban J connectivity index is 2.02. The number of rotatable bonds is 1. The molecule has 1 amide bonds. The molecule has 0 atom stereocenters. The highest BCUT2D eigenvalue weighted by atomic mass is 35.5. The molecule has 0 spiro atoms. The van der Waals surface area contributed by atoms with E-state index in [0.29, 0.717) is 17.1 Å². The van der Waals surface area contributed by atoms with Crippen LogP contribution >= 0.6 is 11.6 Å². The molecule has 1 aliphatic rings. The number of phenols is 1. The second-order valence-electron chi connectivity index (χ2n) is 5.36. The first-order valence-electron chi connectivity index (χ1n) is 6.96. The lowest BCUT2D eigenvalue weighted by molar-refractivity contribution is 0.0985. The van der Waals surface area contributed by atoms with Crippen molar-refractivity contribution in [2.75, 3.05) is 11.4 Å². The van der Waals surface area contributed by atoms with E-state index in [-0.39, 0.29) is 11.7 Å². The van der Waals surface area contributed by atoms with E-state index in [2.05, 4.69) is 6.07 Å². The molecule has 0 saturated carbocycles. The van der Waals surface area contributed by atoms with Crippen LogP contribution in [0.1, 0.15) is 27.9 Å². The Kier molecular flexibility index (Phi) is 3.60. The molecular formula is C17H16ClNO2. The first-order valence-corrected chi connectivity index (χ1v) is 7.34. The molecule has 108 valence electrons. The molecule has 4 heteroatoms. The molecule has 0 bridgehead atoms. The predicted octanol–water partition coefficient (Wildman–Crippen LogP) is 3.95. The van der Waals surface area contributed by atoms with Crippen molar-refractivity contribution in [1.82, 2.24) is 0 Å². The Morgan fingerprint density at radius 2 is 2.05 bits per heavy atom. The zero-order chi connectivity index (χ0) is 15.0. The van der Waals surface area contributed by atoms with Crippen molar-refractivity contribution in [1.29, 1.82) is 0 Å². The van der Waals surface area contributed by atoms with E-state index < -0.39 is 0 Å². The third-order valence-corrected chi connectivity index (χ3v) is 4.11. The highest BCUT2D eigenvalue weighted by Gasteiger charge is 2.25. The molecule has 0 aromatic heterocycles. The summed E-state index contributed by atoms with van der Waals surface area (Å²) in [5, 5.41) is 9.95. The van der Waals surface area contributed by atoms with Crippen molar-refractivity contribution in [3.8, 4) is 5.75 Å². The lowest BCUT2D eigenvalue weighted by atomic mass is 9.99. The molecule has 0 fully saturated rings. The van der Waals surface area contributed by atoms with E-state index in [1.165, 1.54) is 23.3 Å². The van der Waals surface area contributed by atoms with Gasteiger partial charge < -0.3 is 10.0 Å². The van der Waals surface area contributed by atoms with Crippen molar-refractivity contribution in [3.05, 3.63) is 58.1 Å². The molecule has 1 N–H and O–H groups in total. The average molecular weight is 302 g/mol. The van der Waals surface area contributed by atoms with Crippen LogP contribution in [0.2, 0.25) is 5.02 Å². The number of carbonyl (C=O) groups excluding carboxylic acids is 1. The van der Waals surface area contributed by atoms with Crippen LogP contribution in [0.5, 0.6) is 5.75 Å². The molecular weight excluding hydrogens is 286 g/mol. The predicted molar refractivity (Wildman–Crippen MR) is 84.3 cm³/mol. The van der Waals surface area contributed by atoms with Gasteiger partial charge >= 0.3 is 0 Å². The number of aryl methyl sites for hydroxylation is 2. The van der Waals surface area contributed by atoms with E-state index in [1.807, 2.05) is 19.1 Å². The van der Waals surface area contributed by atoms with Gasteiger partial charge in [0.25, 0.3) is 5.91 Å². The third kappa shape index (κ3) is 2.61. The molecule has 0 aliphatic carbocycles. The molecule has 1 aliphatic heterocycles. The SMILES string of the molecule is Cc1ccc2c(c1)CCCN2C(=O)c1cc(O)ccc1Cl. The van der Waals surface area contributed by atoms with E-state index in [0.717, 1.165) is 18.5 Å². The van der Waals surface area contributed by atoms with E-state index in [1.54, 1.807) is 11.0 Å². The molecule has 0 unspecified atom stereocenters. The van der Waals surface area contributed by atoms with Crippen molar-refractivity contribution >= 4 is 23.2 Å². The second-order valence-corrected chi connectivity index (χ2v) is 5.76. The molecule has 0 saturated heterocycles. The number of amides is 1. The minimum atomic E-state index is -0.166. The number of nitrogens with zero attached hydrogens (tertiary/aromatic N) is 1. The summed E-state index contributed by atoms with van der Waals surface area (Å²) in [5.41, 5.74) is 3.66. The summed E-state index contributed by atoms with van der Waals surface area (Å²) >= 11 is 6.10. The molecule has 0 radical (unpaired) electrons. The fourth-order valence-electron chi connectivity index (χ4n) is 2.76. The first kappa shape index (κ1) is 14.0. The molecule has 2 aromatic carbocycles. The van der Waals surface area contributed by atoms with Crippen molar-refractivity contribution < 1.29 is 9.90 Å². The maximum atomic E-state index is 12.8. The Morgan fingerprint density at radius 3 is 2.86 bits per heavy atom. The van der Waals surface area contributed by atoms with Gasteiger partial charge in [-0.25, -0.2) is 0 Å². The van der Waals surface area contributed by atoms with Crippen LogP contribution in [0.25, 0.3) is 0 Å². The molecule has 3 nitrogen and oxygen atoms in total. The quantitative estimate of drug-likeness (QED) is 0.866. The highest BCUT2D eigenvalue weighted by Crippen LogP contribution is 2.31. The number of phenolic OH excluding ortho intramolecular Hbond substituents is 1. The van der Waals surface area contributed by atoms with E-state index in [9.17, 15) is 9.90 Å². The van der Waals surface area contributed by atoms with Gasteiger partial charge in [-0.2, -0.15) is 0 Å². The molecule has 21 heavy (non-hydrogen) atoms. The molecule has 2 aromatic rings. The van der Waals surface area contributed by atoms with E-state index >= 15 is 0 Å². The second kappa shape index (κ2) is 5.41. The van der Waals surface area contributed by atoms with Gasteiger partial charge in [0.1, 0.15) is 5.75 Å². The monoisotopic (exact) mass is 301 g/mol. The number of hydrogen-bond acceptors (Lipinski definition) is 2. The lowest BCUT2D eigenvalue weighted by Gasteiger charge is -2.30. The van der Waals surface area contributed by atoms with Gasteiger partial charge in [0.2, 0.25) is 0 Å². The Hall–Kier alpha value is -2.00. The van der Waals surface area contributed by atoms with Gasteiger partial charge in [0.15, 0.2) is 0 Å². The maximum Gasteiger partial charge on any atom is 0.259 e. The smallest absolute Gasteiger partial charge is 0.259 e. The molecule has 3 rings (SSSR count). The van der Waals surface area contributed by atoms with Gasteiger partial charge in [-0.3, -0.25) is 4.79 Å². The van der Waals surface area contributed by atoms with Gasteiger partial charge in [-0.1, -0.05) is 29.3 Å². The maximum absolute atomic E-state index is 12.8. The number of fused-ring (bicyclic) bond motifs is 1. The fraction of sp³-hybridized carbons (Fsp3) is 0.235. The standard InChI is InChI=1S/C17H16ClNO2/c1-11-4-7-16-12(9-11)3-2-8-19(16)17(21)14-10-13(20)5-6-15(14)18/h4-7,9-10,20H,2-3,8H2,1H3. The third-order valence-electron chi connectivity index (χ3n) is 3.78. The fourth-order valence-corrected chi connectivity index (χ4v) is 2.96. The lowest BCUT2D eigenvalue weighted by Crippen LogP contribution is -2.35. The summed E-state index contributed by atoms with van der Waals surface area (Å²) in [7, 11) is 0. The summed E-state index contributed by atoms with van der Waals surface area (Å²) < 4.78 is 0. The summed E-state index contributed by atoms with van der Waals surface area (Å²) in [5.74, 6) is -0.121. The largest absolute Gasteiger partial charge is 0.508 e. The summed E-state index contributed by atoms with van der Waals surface area (Å²) in [4.78, 5) is 14.5. The Morgan fingerprint density at radius 1 is 1.24 bits per heavy atom. The van der Waals surface area contributed by atoms with Crippen LogP contribution in [-0.2, 0) is 6.42 Å². The van der Waals surface area contributed by atoms with Crippen LogP contribution in [-0.4, -0.2) is 17.6 Å². The van der Waals surface area contributed by atoms with Crippen LogP contribution in [0, 0.1) is 6.92 Å². The van der Waals surface area contributed by atoms with Crippen molar-refractivity contribution in [2.45, 2.75) is 19.8 Å². The number of hydrogen-bond donors (Lipinski definition) is 1. The van der Waals surface area contributed by atoms with Crippen molar-refractivity contribution in [3.63, 3.8) is 0 Å². The number of aromatic hydroxyl groups is 1. The van der Waals surface area contributed by atoms with Crippen LogP contribution in [0.4, 0.5) is 5.69 Å². The van der Waals surface area contributed by atoms with Crippen molar-refractivity contribution in [2.24, 2.45) is 0 Å². The minimum absolute atomic E-state index is 0.0453.